The average molecular weight is 431 g/mol. The van der Waals surface area contributed by atoms with E-state index in [0.29, 0.717) is 19.4 Å². The van der Waals surface area contributed by atoms with E-state index in [0.717, 1.165) is 22.0 Å². The lowest BCUT2D eigenvalue weighted by molar-refractivity contribution is -0.140. The number of rotatable bonds is 8. The van der Waals surface area contributed by atoms with E-state index in [1.807, 2.05) is 24.3 Å². The number of benzene rings is 2. The number of hydrogen-bond acceptors (Lipinski definition) is 2. The maximum Gasteiger partial charge on any atom is 0.242 e. The summed E-state index contributed by atoms with van der Waals surface area (Å²) in [6.07, 6.45) is 2.04. The highest BCUT2D eigenvalue weighted by Gasteiger charge is 2.25. The maximum absolute atomic E-state index is 12.9. The van der Waals surface area contributed by atoms with E-state index >= 15 is 0 Å². The van der Waals surface area contributed by atoms with Crippen molar-refractivity contribution in [2.75, 3.05) is 7.05 Å². The molecule has 2 rings (SSSR count). The van der Waals surface area contributed by atoms with Crippen LogP contribution in [0.1, 0.15) is 37.0 Å². The Labute approximate surface area is 170 Å². The number of nitrogens with zero attached hydrogens (tertiary/aromatic N) is 1. The zero-order valence-electron chi connectivity index (χ0n) is 16.2. The van der Waals surface area contributed by atoms with Crippen LogP contribution in [-0.2, 0) is 29.0 Å². The normalized spacial score (nSPS) is 11.7. The molecule has 0 saturated heterocycles. The summed E-state index contributed by atoms with van der Waals surface area (Å²) in [7, 11) is 1.59. The van der Waals surface area contributed by atoms with Crippen LogP contribution in [0.2, 0.25) is 0 Å². The molecule has 0 aliphatic carbocycles. The third-order valence-electron chi connectivity index (χ3n) is 4.71. The minimum atomic E-state index is -0.524. The molecule has 0 aliphatic rings. The number of aryl methyl sites for hydroxylation is 2. The predicted molar refractivity (Wildman–Crippen MR) is 112 cm³/mol. The molecule has 1 unspecified atom stereocenters. The Morgan fingerprint density at radius 2 is 1.74 bits per heavy atom. The second-order valence-electron chi connectivity index (χ2n) is 6.61. The van der Waals surface area contributed by atoms with Crippen LogP contribution in [0.4, 0.5) is 0 Å². The lowest BCUT2D eigenvalue weighted by Crippen LogP contribution is -2.46. The van der Waals surface area contributed by atoms with Crippen LogP contribution in [0.15, 0.2) is 53.0 Å². The van der Waals surface area contributed by atoms with E-state index in [9.17, 15) is 9.59 Å². The van der Waals surface area contributed by atoms with Gasteiger partial charge in [0, 0.05) is 24.5 Å². The Morgan fingerprint density at radius 1 is 1.07 bits per heavy atom. The summed E-state index contributed by atoms with van der Waals surface area (Å²) in [6, 6.07) is 15.6. The second kappa shape index (κ2) is 10.3. The average Bonchev–Trinajstić information content (AvgIpc) is 2.69. The number of nitrogens with one attached hydrogen (secondary N) is 1. The van der Waals surface area contributed by atoms with Crippen molar-refractivity contribution >= 4 is 27.7 Å². The molecular formula is C22H27BrN2O2. The third-order valence-corrected chi connectivity index (χ3v) is 5.21. The van der Waals surface area contributed by atoms with Crippen molar-refractivity contribution in [1.29, 1.82) is 0 Å². The molecule has 2 aromatic carbocycles. The monoisotopic (exact) mass is 430 g/mol. The largest absolute Gasteiger partial charge is 0.357 e. The summed E-state index contributed by atoms with van der Waals surface area (Å²) in [5.74, 6) is -0.184. The maximum atomic E-state index is 12.9. The molecule has 0 saturated carbocycles. The van der Waals surface area contributed by atoms with Gasteiger partial charge >= 0.3 is 0 Å². The number of hydrogen-bond donors (Lipinski definition) is 1. The highest BCUT2D eigenvalue weighted by molar-refractivity contribution is 9.10. The van der Waals surface area contributed by atoms with Crippen molar-refractivity contribution in [3.05, 3.63) is 69.7 Å². The minimum absolute atomic E-state index is 0.0226. The van der Waals surface area contributed by atoms with Gasteiger partial charge in [-0.15, -0.1) is 0 Å². The minimum Gasteiger partial charge on any atom is -0.357 e. The van der Waals surface area contributed by atoms with E-state index in [4.69, 9.17) is 0 Å². The third kappa shape index (κ3) is 6.21. The first kappa shape index (κ1) is 21.2. The molecule has 0 spiro atoms. The van der Waals surface area contributed by atoms with E-state index in [1.54, 1.807) is 18.9 Å². The smallest absolute Gasteiger partial charge is 0.242 e. The van der Waals surface area contributed by atoms with Crippen molar-refractivity contribution in [2.45, 2.75) is 45.7 Å². The Bertz CT molecular complexity index is 774. The zero-order chi connectivity index (χ0) is 19.8. The van der Waals surface area contributed by atoms with E-state index in [1.165, 1.54) is 5.56 Å². The standard InChI is InChI=1S/C22H27BrN2O2/c1-4-17-8-10-18(11-9-17)12-13-21(26)25(16(2)22(27)24-3)15-19-6-5-7-20(23)14-19/h5-11,14,16H,4,12-13,15H2,1-3H3,(H,24,27). The molecule has 0 heterocycles. The Kier molecular flexibility index (Phi) is 8.04. The van der Waals surface area contributed by atoms with Gasteiger partial charge in [-0.3, -0.25) is 9.59 Å². The van der Waals surface area contributed by atoms with Gasteiger partial charge in [0.05, 0.1) is 0 Å². The molecule has 5 heteroatoms. The second-order valence-corrected chi connectivity index (χ2v) is 7.53. The van der Waals surface area contributed by atoms with Gasteiger partial charge < -0.3 is 10.2 Å². The fraction of sp³-hybridized carbons (Fsp3) is 0.364. The van der Waals surface area contributed by atoms with Gasteiger partial charge in [-0.1, -0.05) is 59.3 Å². The molecule has 0 fully saturated rings. The molecule has 2 amide bonds. The molecule has 27 heavy (non-hydrogen) atoms. The van der Waals surface area contributed by atoms with Gasteiger partial charge in [-0.05, 0) is 48.6 Å². The summed E-state index contributed by atoms with van der Waals surface area (Å²) in [4.78, 5) is 26.7. The van der Waals surface area contributed by atoms with Crippen LogP contribution in [0.3, 0.4) is 0 Å². The first-order valence-corrected chi connectivity index (χ1v) is 10.1. The number of carbonyl (C=O) groups excluding carboxylic acids is 2. The number of carbonyl (C=O) groups is 2. The topological polar surface area (TPSA) is 49.4 Å². The predicted octanol–water partition coefficient (Wildman–Crippen LogP) is 4.11. The van der Waals surface area contributed by atoms with Gasteiger partial charge in [0.25, 0.3) is 0 Å². The molecule has 0 bridgehead atoms. The summed E-state index contributed by atoms with van der Waals surface area (Å²) in [5, 5.41) is 2.64. The lowest BCUT2D eigenvalue weighted by atomic mass is 10.0. The van der Waals surface area contributed by atoms with E-state index in [2.05, 4.69) is 52.4 Å². The van der Waals surface area contributed by atoms with Crippen LogP contribution in [-0.4, -0.2) is 29.8 Å². The molecule has 2 aromatic rings. The lowest BCUT2D eigenvalue weighted by Gasteiger charge is -2.28. The van der Waals surface area contributed by atoms with Crippen molar-refractivity contribution in [1.82, 2.24) is 10.2 Å². The van der Waals surface area contributed by atoms with Crippen LogP contribution in [0.25, 0.3) is 0 Å². The summed E-state index contributed by atoms with van der Waals surface area (Å²) in [6.45, 7) is 4.30. The van der Waals surface area contributed by atoms with Crippen molar-refractivity contribution in [3.8, 4) is 0 Å². The summed E-state index contributed by atoms with van der Waals surface area (Å²) < 4.78 is 0.955. The van der Waals surface area contributed by atoms with Crippen LogP contribution < -0.4 is 5.32 Å². The van der Waals surface area contributed by atoms with Gasteiger partial charge in [-0.2, -0.15) is 0 Å². The Hall–Kier alpha value is -2.14. The number of likely N-dealkylation sites (N-methyl/N-ethyl adjacent to an activating group) is 1. The quantitative estimate of drug-likeness (QED) is 0.684. The van der Waals surface area contributed by atoms with Crippen molar-refractivity contribution in [3.63, 3.8) is 0 Å². The molecular weight excluding hydrogens is 404 g/mol. The molecule has 4 nitrogen and oxygen atoms in total. The SMILES string of the molecule is CCc1ccc(CCC(=O)N(Cc2cccc(Br)c2)C(C)C(=O)NC)cc1. The number of halogens is 1. The molecule has 0 aromatic heterocycles. The highest BCUT2D eigenvalue weighted by atomic mass is 79.9. The zero-order valence-corrected chi connectivity index (χ0v) is 17.8. The van der Waals surface area contributed by atoms with Crippen molar-refractivity contribution in [2.24, 2.45) is 0 Å². The fourth-order valence-corrected chi connectivity index (χ4v) is 3.41. The molecule has 1 N–H and O–H groups in total. The van der Waals surface area contributed by atoms with Gasteiger partial charge in [-0.25, -0.2) is 0 Å². The summed E-state index contributed by atoms with van der Waals surface area (Å²) >= 11 is 3.46. The molecule has 0 radical (unpaired) electrons. The van der Waals surface area contributed by atoms with Gasteiger partial charge in [0.2, 0.25) is 11.8 Å². The van der Waals surface area contributed by atoms with Gasteiger partial charge in [0.15, 0.2) is 0 Å². The molecule has 1 atom stereocenters. The Balaban J connectivity index is 2.10. The van der Waals surface area contributed by atoms with Crippen molar-refractivity contribution < 1.29 is 9.59 Å². The van der Waals surface area contributed by atoms with E-state index in [-0.39, 0.29) is 11.8 Å². The highest BCUT2D eigenvalue weighted by Crippen LogP contribution is 2.17. The number of amides is 2. The van der Waals surface area contributed by atoms with Crippen LogP contribution in [0, 0.1) is 0 Å². The van der Waals surface area contributed by atoms with E-state index < -0.39 is 6.04 Å². The first-order chi connectivity index (χ1) is 12.9. The van der Waals surface area contributed by atoms with Crippen LogP contribution in [0.5, 0.6) is 0 Å². The van der Waals surface area contributed by atoms with Crippen LogP contribution >= 0.6 is 15.9 Å². The first-order valence-electron chi connectivity index (χ1n) is 9.28. The molecule has 144 valence electrons. The summed E-state index contributed by atoms with van der Waals surface area (Å²) in [5.41, 5.74) is 3.41. The Morgan fingerprint density at radius 3 is 2.33 bits per heavy atom. The fourth-order valence-electron chi connectivity index (χ4n) is 2.96. The van der Waals surface area contributed by atoms with Gasteiger partial charge in [0.1, 0.15) is 6.04 Å². The molecule has 0 aliphatic heterocycles.